The first-order valence-corrected chi connectivity index (χ1v) is 4.04. The van der Waals surface area contributed by atoms with E-state index in [1.54, 1.807) is 4.90 Å². The molecule has 0 unspecified atom stereocenters. The van der Waals surface area contributed by atoms with Crippen LogP contribution in [0.15, 0.2) is 10.9 Å². The molecule has 0 radical (unpaired) electrons. The van der Waals surface area contributed by atoms with Gasteiger partial charge in [-0.15, -0.1) is 0 Å². The van der Waals surface area contributed by atoms with Crippen molar-refractivity contribution in [3.63, 3.8) is 0 Å². The van der Waals surface area contributed by atoms with E-state index in [2.05, 4.69) is 15.9 Å². The van der Waals surface area contributed by atoms with Crippen LogP contribution in [0.3, 0.4) is 0 Å². The monoisotopic (exact) mass is 209 g/mol. The highest BCUT2D eigenvalue weighted by atomic mass is 79.9. The Balaban J connectivity index is 2.39. The van der Waals surface area contributed by atoms with Crippen molar-refractivity contribution < 1.29 is 9.13 Å². The van der Waals surface area contributed by atoms with Crippen molar-refractivity contribution in [2.75, 3.05) is 26.3 Å². The molecule has 0 aliphatic carbocycles. The average Bonchev–Trinajstić information content (AvgIpc) is 2.05. The molecule has 1 saturated heterocycles. The maximum Gasteiger partial charge on any atom is 0.196 e. The zero-order valence-electron chi connectivity index (χ0n) is 5.52. The van der Waals surface area contributed by atoms with Crippen molar-refractivity contribution in [2.45, 2.75) is 0 Å². The van der Waals surface area contributed by atoms with Gasteiger partial charge in [0, 0.05) is 18.1 Å². The molecule has 1 aliphatic heterocycles. The number of halogens is 2. The van der Waals surface area contributed by atoms with Crippen LogP contribution in [-0.4, -0.2) is 31.2 Å². The topological polar surface area (TPSA) is 12.5 Å². The van der Waals surface area contributed by atoms with Gasteiger partial charge in [-0.05, 0) is 0 Å². The number of hydrogen-bond donors (Lipinski definition) is 0. The third-order valence-corrected chi connectivity index (χ3v) is 1.78. The molecular formula is C6H9BrFNO. The molecule has 4 heteroatoms. The molecule has 0 aromatic carbocycles. The summed E-state index contributed by atoms with van der Waals surface area (Å²) >= 11 is 2.93. The van der Waals surface area contributed by atoms with Crippen LogP contribution in [0.25, 0.3) is 0 Å². The smallest absolute Gasteiger partial charge is 0.196 e. The van der Waals surface area contributed by atoms with Gasteiger partial charge in [0.2, 0.25) is 0 Å². The van der Waals surface area contributed by atoms with E-state index in [0.29, 0.717) is 26.3 Å². The predicted octanol–water partition coefficient (Wildman–Crippen LogP) is 1.48. The van der Waals surface area contributed by atoms with E-state index in [-0.39, 0.29) is 5.95 Å². The lowest BCUT2D eigenvalue weighted by Gasteiger charge is -2.26. The van der Waals surface area contributed by atoms with E-state index in [4.69, 9.17) is 4.74 Å². The predicted molar refractivity (Wildman–Crippen MR) is 40.5 cm³/mol. The number of nitrogens with zero attached hydrogens (tertiary/aromatic N) is 1. The summed E-state index contributed by atoms with van der Waals surface area (Å²) in [7, 11) is 0. The minimum atomic E-state index is -0.219. The van der Waals surface area contributed by atoms with Crippen LogP contribution in [0.4, 0.5) is 4.39 Å². The fraction of sp³-hybridized carbons (Fsp3) is 0.667. The van der Waals surface area contributed by atoms with Crippen LogP contribution in [0.5, 0.6) is 0 Å². The summed E-state index contributed by atoms with van der Waals surface area (Å²) < 4.78 is 17.7. The summed E-state index contributed by atoms with van der Waals surface area (Å²) in [5, 5.41) is 0. The van der Waals surface area contributed by atoms with Crippen LogP contribution in [0, 0.1) is 0 Å². The van der Waals surface area contributed by atoms with Crippen LogP contribution in [0.1, 0.15) is 0 Å². The van der Waals surface area contributed by atoms with Gasteiger partial charge in [0.15, 0.2) is 5.95 Å². The Morgan fingerprint density at radius 1 is 1.50 bits per heavy atom. The zero-order chi connectivity index (χ0) is 7.40. The lowest BCUT2D eigenvalue weighted by molar-refractivity contribution is 0.0427. The number of hydrogen-bond acceptors (Lipinski definition) is 2. The van der Waals surface area contributed by atoms with Gasteiger partial charge < -0.3 is 9.64 Å². The second kappa shape index (κ2) is 3.93. The van der Waals surface area contributed by atoms with Gasteiger partial charge in [-0.1, -0.05) is 15.9 Å². The minimum Gasteiger partial charge on any atom is -0.378 e. The molecule has 0 saturated carbocycles. The second-order valence-corrected chi connectivity index (χ2v) is 2.49. The van der Waals surface area contributed by atoms with Crippen LogP contribution in [0.2, 0.25) is 0 Å². The molecule has 2 nitrogen and oxygen atoms in total. The van der Waals surface area contributed by atoms with E-state index >= 15 is 0 Å². The SMILES string of the molecule is F/C(=C\Br)N1CCOCC1. The Morgan fingerprint density at radius 3 is 2.60 bits per heavy atom. The fourth-order valence-electron chi connectivity index (χ4n) is 0.846. The van der Waals surface area contributed by atoms with E-state index in [1.165, 1.54) is 4.99 Å². The average molecular weight is 210 g/mol. The first-order valence-electron chi connectivity index (χ1n) is 3.13. The molecule has 0 atom stereocenters. The number of rotatable bonds is 1. The molecule has 0 aromatic heterocycles. The third-order valence-electron chi connectivity index (χ3n) is 1.40. The molecule has 1 fully saturated rings. The van der Waals surface area contributed by atoms with Gasteiger partial charge in [0.1, 0.15) is 0 Å². The molecule has 1 heterocycles. The molecular weight excluding hydrogens is 201 g/mol. The summed E-state index contributed by atoms with van der Waals surface area (Å²) in [5.74, 6) is -0.219. The molecule has 1 rings (SSSR count). The van der Waals surface area contributed by atoms with E-state index < -0.39 is 0 Å². The highest BCUT2D eigenvalue weighted by Crippen LogP contribution is 2.09. The summed E-state index contributed by atoms with van der Waals surface area (Å²) in [4.78, 5) is 2.93. The number of morpholine rings is 1. The lowest BCUT2D eigenvalue weighted by atomic mass is 10.4. The normalized spacial score (nSPS) is 21.4. The first-order chi connectivity index (χ1) is 4.84. The van der Waals surface area contributed by atoms with Gasteiger partial charge in [0.25, 0.3) is 0 Å². The maximum absolute atomic E-state index is 12.7. The van der Waals surface area contributed by atoms with Gasteiger partial charge >= 0.3 is 0 Å². The van der Waals surface area contributed by atoms with Crippen LogP contribution in [-0.2, 0) is 4.74 Å². The minimum absolute atomic E-state index is 0.219. The van der Waals surface area contributed by atoms with Crippen molar-refractivity contribution >= 4 is 15.9 Å². The van der Waals surface area contributed by atoms with Gasteiger partial charge in [-0.25, -0.2) is 0 Å². The van der Waals surface area contributed by atoms with Gasteiger partial charge in [-0.2, -0.15) is 4.39 Å². The highest BCUT2D eigenvalue weighted by molar-refractivity contribution is 9.11. The maximum atomic E-state index is 12.7. The Kier molecular flexibility index (Phi) is 3.15. The summed E-state index contributed by atoms with van der Waals surface area (Å²) in [6, 6.07) is 0. The second-order valence-electron chi connectivity index (χ2n) is 2.03. The zero-order valence-corrected chi connectivity index (χ0v) is 7.10. The first kappa shape index (κ1) is 8.01. The fourth-order valence-corrected chi connectivity index (χ4v) is 1.14. The largest absolute Gasteiger partial charge is 0.378 e. The number of ether oxygens (including phenoxy) is 1. The van der Waals surface area contributed by atoms with Crippen molar-refractivity contribution in [1.82, 2.24) is 4.90 Å². The quantitative estimate of drug-likeness (QED) is 0.608. The Morgan fingerprint density at radius 2 is 2.10 bits per heavy atom. The molecule has 0 N–H and O–H groups in total. The Hall–Kier alpha value is -0.0900. The molecule has 0 bridgehead atoms. The Bertz CT molecular complexity index is 134. The van der Waals surface area contributed by atoms with Crippen LogP contribution >= 0.6 is 15.9 Å². The summed E-state index contributed by atoms with van der Waals surface area (Å²) in [6.45, 7) is 2.53. The third kappa shape index (κ3) is 1.95. The molecule has 0 aromatic rings. The van der Waals surface area contributed by atoms with E-state index in [0.717, 1.165) is 0 Å². The van der Waals surface area contributed by atoms with Crippen molar-refractivity contribution in [2.24, 2.45) is 0 Å². The van der Waals surface area contributed by atoms with Crippen LogP contribution < -0.4 is 0 Å². The Labute approximate surface area is 67.8 Å². The van der Waals surface area contributed by atoms with E-state index in [9.17, 15) is 4.39 Å². The molecule has 10 heavy (non-hydrogen) atoms. The van der Waals surface area contributed by atoms with Crippen molar-refractivity contribution in [1.29, 1.82) is 0 Å². The summed E-state index contributed by atoms with van der Waals surface area (Å²) in [5.41, 5.74) is 0. The van der Waals surface area contributed by atoms with E-state index in [1.807, 2.05) is 0 Å². The molecule has 58 valence electrons. The van der Waals surface area contributed by atoms with Gasteiger partial charge in [-0.3, -0.25) is 0 Å². The molecule has 1 aliphatic rings. The van der Waals surface area contributed by atoms with Gasteiger partial charge in [0.05, 0.1) is 13.2 Å². The highest BCUT2D eigenvalue weighted by Gasteiger charge is 2.11. The summed E-state index contributed by atoms with van der Waals surface area (Å²) in [6.07, 6.45) is 0. The standard InChI is InChI=1S/C6H9BrFNO/c7-5-6(8)9-1-3-10-4-2-9/h5H,1-4H2/b6-5+. The molecule has 0 spiro atoms. The van der Waals surface area contributed by atoms with Crippen molar-refractivity contribution in [3.05, 3.63) is 10.9 Å². The lowest BCUT2D eigenvalue weighted by Crippen LogP contribution is -2.34. The molecule has 0 amide bonds. The van der Waals surface area contributed by atoms with Crippen molar-refractivity contribution in [3.8, 4) is 0 Å².